The van der Waals surface area contributed by atoms with Crippen LogP contribution < -0.4 is 0 Å². The predicted molar refractivity (Wildman–Crippen MR) is 535 cm³/mol. The molecule has 614 valence electrons. The quantitative estimate of drug-likeness (QED) is 0.105. The van der Waals surface area contributed by atoms with Crippen LogP contribution in [0.1, 0.15) is 22.3 Å². The lowest BCUT2D eigenvalue weighted by Crippen LogP contribution is -2.28. The molecule has 0 aliphatic heterocycles. The molecule has 132 heavy (non-hydrogen) atoms. The van der Waals surface area contributed by atoms with Gasteiger partial charge in [0.15, 0.2) is 34.9 Å². The Balaban J connectivity index is 0.547. The predicted octanol–water partition coefficient (Wildman–Crippen LogP) is 31.0. The maximum atomic E-state index is 7.29. The molecule has 0 radical (unpaired) electrons. The van der Waals surface area contributed by atoms with Crippen molar-refractivity contribution in [2.24, 2.45) is 0 Å². The number of hydrogen-bond donors (Lipinski definition) is 0. The second-order valence-corrected chi connectivity index (χ2v) is 34.2. The summed E-state index contributed by atoms with van der Waals surface area (Å²) in [4.78, 5) is 30.8. The number of para-hydroxylation sites is 3. The first-order valence-corrected chi connectivity index (χ1v) is 44.6. The van der Waals surface area contributed by atoms with E-state index in [2.05, 4.69) is 300 Å². The normalized spacial score (nSPS) is 13.2. The van der Waals surface area contributed by atoms with E-state index in [4.69, 9.17) is 43.2 Å². The summed E-state index contributed by atoms with van der Waals surface area (Å²) in [5.41, 5.74) is 31.6. The number of hydrogen-bond acceptors (Lipinski definition) is 9. The second kappa shape index (κ2) is 29.7. The van der Waals surface area contributed by atoms with E-state index < -0.39 is 5.41 Å². The van der Waals surface area contributed by atoms with E-state index in [1.807, 2.05) is 146 Å². The van der Waals surface area contributed by atoms with Crippen molar-refractivity contribution in [3.8, 4) is 135 Å². The zero-order valence-corrected chi connectivity index (χ0v) is 70.9. The van der Waals surface area contributed by atoms with Gasteiger partial charge in [-0.2, -0.15) is 0 Å². The third-order valence-corrected chi connectivity index (χ3v) is 26.9. The lowest BCUT2D eigenvalue weighted by molar-refractivity contribution is 0.668. The summed E-state index contributed by atoms with van der Waals surface area (Å²) >= 11 is 0. The molecule has 7 heterocycles. The monoisotopic (exact) mass is 1680 g/mol. The molecule has 11 nitrogen and oxygen atoms in total. The molecule has 26 aromatic rings. The summed E-state index contributed by atoms with van der Waals surface area (Å²) in [6.45, 7) is 0. The topological polar surface area (TPSA) is 127 Å². The van der Waals surface area contributed by atoms with Gasteiger partial charge < -0.3 is 22.4 Å². The summed E-state index contributed by atoms with van der Waals surface area (Å²) in [5.74, 6) is 3.55. The highest BCUT2D eigenvalue weighted by Crippen LogP contribution is 2.58. The van der Waals surface area contributed by atoms with E-state index in [0.29, 0.717) is 34.9 Å². The van der Waals surface area contributed by atoms with Gasteiger partial charge in [0.1, 0.15) is 33.5 Å². The first-order chi connectivity index (χ1) is 65.4. The SMILES string of the molecule is c1ccc(-c2nc(-c3ccccc3)nc(-c3cccc4oc5ccc(-c6ccc7c(c6)c6ccccc6n7-c6ccc7c(c6)C(c6ccccc6)(c6cccc(-c8ccc9c(c8)oc8c(-c%10ccc%11c(c%10)c%10cc(-c%12ccc%13oc%14cccc(-c%15nc(-c%16ccccc%16)nc(-c%16ccccc%16)n%15)c%14c%13c%12)ccc%10n%11-c%10ccccc%10)cccc89)c6)c6ccccc6-7)cc5c34)n2)cc1. The number of furan rings is 3. The fourth-order valence-corrected chi connectivity index (χ4v) is 20.9. The Hall–Kier alpha value is -17.8. The van der Waals surface area contributed by atoms with E-state index in [1.54, 1.807) is 0 Å². The summed E-state index contributed by atoms with van der Waals surface area (Å²) in [5, 5.41) is 10.5. The summed E-state index contributed by atoms with van der Waals surface area (Å²) in [6, 6.07) is 156. The van der Waals surface area contributed by atoms with Crippen LogP contribution >= 0.6 is 0 Å². The molecule has 0 spiro atoms. The fourth-order valence-electron chi connectivity index (χ4n) is 20.9. The van der Waals surface area contributed by atoms with Crippen molar-refractivity contribution >= 4 is 109 Å². The van der Waals surface area contributed by atoms with Crippen molar-refractivity contribution in [2.75, 3.05) is 0 Å². The van der Waals surface area contributed by atoms with Crippen molar-refractivity contribution < 1.29 is 13.3 Å². The van der Waals surface area contributed by atoms with Crippen molar-refractivity contribution in [2.45, 2.75) is 5.41 Å². The van der Waals surface area contributed by atoms with E-state index in [9.17, 15) is 0 Å². The Bertz CT molecular complexity index is 9100. The maximum Gasteiger partial charge on any atom is 0.164 e. The lowest BCUT2D eigenvalue weighted by atomic mass is 9.67. The second-order valence-electron chi connectivity index (χ2n) is 34.2. The van der Waals surface area contributed by atoms with Gasteiger partial charge >= 0.3 is 0 Å². The highest BCUT2D eigenvalue weighted by Gasteiger charge is 2.47. The molecule has 1 unspecified atom stereocenters. The van der Waals surface area contributed by atoms with Gasteiger partial charge in [-0.3, -0.25) is 0 Å². The zero-order valence-electron chi connectivity index (χ0n) is 70.9. The van der Waals surface area contributed by atoms with Gasteiger partial charge in [-0.25, -0.2) is 29.9 Å². The van der Waals surface area contributed by atoms with Crippen molar-refractivity contribution in [3.63, 3.8) is 0 Å². The highest BCUT2D eigenvalue weighted by molar-refractivity contribution is 6.18. The molecule has 0 saturated carbocycles. The van der Waals surface area contributed by atoms with Gasteiger partial charge in [0, 0.05) is 104 Å². The average Bonchev–Trinajstić information content (AvgIpc) is 1.53. The minimum Gasteiger partial charge on any atom is -0.456 e. The van der Waals surface area contributed by atoms with Crippen LogP contribution in [0.4, 0.5) is 0 Å². The van der Waals surface area contributed by atoms with Gasteiger partial charge in [0.25, 0.3) is 0 Å². The molecule has 1 atom stereocenters. The molecule has 7 aromatic heterocycles. The minimum absolute atomic E-state index is 0.570. The van der Waals surface area contributed by atoms with Crippen LogP contribution in [0.2, 0.25) is 0 Å². The third-order valence-electron chi connectivity index (χ3n) is 26.9. The van der Waals surface area contributed by atoms with Crippen LogP contribution in [0, 0.1) is 0 Å². The van der Waals surface area contributed by atoms with Crippen LogP contribution in [0.3, 0.4) is 0 Å². The number of aromatic nitrogens is 8. The Morgan fingerprint density at radius 2 is 0.568 bits per heavy atom. The molecule has 1 aliphatic carbocycles. The van der Waals surface area contributed by atoms with Gasteiger partial charge in [-0.15, -0.1) is 0 Å². The first-order valence-electron chi connectivity index (χ1n) is 44.6. The van der Waals surface area contributed by atoms with Crippen LogP contribution in [-0.2, 0) is 5.41 Å². The average molecular weight is 1690 g/mol. The molecule has 0 fully saturated rings. The standard InChI is InChI=1S/C121H72N8O3/c1-7-27-73(28-8-1)115-122-116(74-29-9-2-10-30-74)125-119(124-115)94-45-25-49-109-112(94)99-68-80(55-63-107(99)130-109)78-52-60-104-96(66-78)91-42-20-22-48-103(91)129(104)87-57-59-90-89-41-19-21-47-101(89)121(102(90)72-87,84-36-15-5-16-37-84)85-38-23-35-77(65-85)82-51-58-92-93-44-24-43-88(114(93)132-111(92)71-82)83-54-62-106-98(70-83)97-67-79(53-61-105(97)128(106)86-39-17-6-18-40-86)81-56-64-108-100(69-81)113-95(46-26-50-110(113)131-108)120-126-117(75-31-11-3-12-32-75)123-118(127-120)76-33-13-4-14-34-76/h1-72H. The Morgan fingerprint density at radius 3 is 1.14 bits per heavy atom. The summed E-state index contributed by atoms with van der Waals surface area (Å²) in [7, 11) is 0. The maximum absolute atomic E-state index is 7.29. The zero-order chi connectivity index (χ0) is 86.6. The van der Waals surface area contributed by atoms with E-state index in [-0.39, 0.29) is 0 Å². The molecule has 0 N–H and O–H groups in total. The number of rotatable bonds is 14. The van der Waals surface area contributed by atoms with Crippen molar-refractivity contribution in [1.29, 1.82) is 0 Å². The van der Waals surface area contributed by atoms with Crippen LogP contribution in [-0.4, -0.2) is 39.0 Å². The Kier molecular flexibility index (Phi) is 16.7. The highest BCUT2D eigenvalue weighted by atomic mass is 16.3. The summed E-state index contributed by atoms with van der Waals surface area (Å²) < 4.78 is 25.5. The molecule has 0 saturated heterocycles. The smallest absolute Gasteiger partial charge is 0.164 e. The summed E-state index contributed by atoms with van der Waals surface area (Å²) in [6.07, 6.45) is 0. The minimum atomic E-state index is -0.734. The van der Waals surface area contributed by atoms with Crippen LogP contribution in [0.25, 0.3) is 245 Å². The van der Waals surface area contributed by atoms with Crippen LogP contribution in [0.5, 0.6) is 0 Å². The largest absolute Gasteiger partial charge is 0.456 e. The molecule has 19 aromatic carbocycles. The van der Waals surface area contributed by atoms with Crippen LogP contribution in [0.15, 0.2) is 450 Å². The Morgan fingerprint density at radius 1 is 0.182 bits per heavy atom. The van der Waals surface area contributed by atoms with Crippen molar-refractivity contribution in [1.82, 2.24) is 39.0 Å². The number of fused-ring (bicyclic) bond motifs is 18. The van der Waals surface area contributed by atoms with Crippen molar-refractivity contribution in [3.05, 3.63) is 459 Å². The molecule has 0 bridgehead atoms. The van der Waals surface area contributed by atoms with E-state index in [0.717, 1.165) is 204 Å². The van der Waals surface area contributed by atoms with Gasteiger partial charge in [0.05, 0.1) is 27.5 Å². The van der Waals surface area contributed by atoms with Gasteiger partial charge in [-0.1, -0.05) is 315 Å². The van der Waals surface area contributed by atoms with Gasteiger partial charge in [0.2, 0.25) is 0 Å². The Labute approximate surface area is 756 Å². The first kappa shape index (κ1) is 74.4. The van der Waals surface area contributed by atoms with E-state index >= 15 is 0 Å². The molecular weight excluding hydrogens is 1610 g/mol. The number of nitrogens with zero attached hydrogens (tertiary/aromatic N) is 8. The van der Waals surface area contributed by atoms with E-state index in [1.165, 1.54) is 27.8 Å². The molecule has 1 aliphatic rings. The lowest BCUT2D eigenvalue weighted by Gasteiger charge is -2.34. The third kappa shape index (κ3) is 11.8. The molecule has 0 amide bonds. The molecular formula is C121H72N8O3. The fraction of sp³-hybridized carbons (Fsp3) is 0.00826. The molecule has 27 rings (SSSR count). The molecule has 11 heteroatoms. The number of benzene rings is 19. The van der Waals surface area contributed by atoms with Gasteiger partial charge in [-0.05, 0) is 194 Å².